The summed E-state index contributed by atoms with van der Waals surface area (Å²) in [5.74, 6) is -0.231. The number of hydrazone groups is 1. The van der Waals surface area contributed by atoms with Crippen LogP contribution in [0, 0.1) is 10.5 Å². The van der Waals surface area contributed by atoms with Crippen LogP contribution in [0.1, 0.15) is 37.8 Å². The van der Waals surface area contributed by atoms with E-state index in [1.165, 1.54) is 6.21 Å². The number of carbonyl (C=O) groups excluding carboxylic acids is 3. The number of carbonyl (C=O) groups is 3. The van der Waals surface area contributed by atoms with E-state index in [1.807, 2.05) is 38.1 Å². The molecular formula is C24H28IN3O6. The summed E-state index contributed by atoms with van der Waals surface area (Å²) in [6.45, 7) is 5.89. The molecular weight excluding hydrogens is 553 g/mol. The second kappa shape index (κ2) is 14.2. The molecule has 0 radical (unpaired) electrons. The minimum atomic E-state index is -0.471. The average molecular weight is 581 g/mol. The molecule has 0 bridgehead atoms. The average Bonchev–Trinajstić information content (AvgIpc) is 2.79. The van der Waals surface area contributed by atoms with Crippen molar-refractivity contribution in [3.8, 4) is 11.5 Å². The predicted molar refractivity (Wildman–Crippen MR) is 137 cm³/mol. The molecule has 2 amide bonds. The van der Waals surface area contributed by atoms with Gasteiger partial charge in [-0.1, -0.05) is 18.2 Å². The fraction of sp³-hybridized carbons (Fsp3) is 0.333. The number of amides is 2. The van der Waals surface area contributed by atoms with Gasteiger partial charge in [0, 0.05) is 18.5 Å². The predicted octanol–water partition coefficient (Wildman–Crippen LogP) is 3.81. The Labute approximate surface area is 212 Å². The Hall–Kier alpha value is -3.15. The largest absolute Gasteiger partial charge is 0.490 e. The fourth-order valence-corrected chi connectivity index (χ4v) is 3.57. The van der Waals surface area contributed by atoms with E-state index in [2.05, 4.69) is 38.4 Å². The zero-order valence-corrected chi connectivity index (χ0v) is 21.5. The van der Waals surface area contributed by atoms with Crippen molar-refractivity contribution in [3.63, 3.8) is 0 Å². The molecule has 182 valence electrons. The first-order valence-electron chi connectivity index (χ1n) is 10.8. The van der Waals surface area contributed by atoms with Crippen molar-refractivity contribution in [2.75, 3.05) is 25.1 Å². The highest BCUT2D eigenvalue weighted by atomic mass is 127. The topological polar surface area (TPSA) is 115 Å². The molecule has 0 fully saturated rings. The third kappa shape index (κ3) is 9.00. The number of halogens is 1. The Bertz CT molecular complexity index is 1040. The molecule has 0 heterocycles. The highest BCUT2D eigenvalue weighted by Crippen LogP contribution is 2.34. The Morgan fingerprint density at radius 1 is 1.03 bits per heavy atom. The molecule has 34 heavy (non-hydrogen) atoms. The molecule has 0 saturated carbocycles. The maximum atomic E-state index is 12.1. The molecule has 2 aromatic rings. The molecule has 0 aliphatic carbocycles. The molecule has 0 unspecified atom stereocenters. The Morgan fingerprint density at radius 3 is 2.47 bits per heavy atom. The lowest BCUT2D eigenvalue weighted by molar-refractivity contribution is -0.145. The number of anilines is 1. The van der Waals surface area contributed by atoms with Crippen LogP contribution in [-0.4, -0.2) is 43.8 Å². The van der Waals surface area contributed by atoms with Gasteiger partial charge in [0.05, 0.1) is 23.0 Å². The monoisotopic (exact) mass is 581 g/mol. The van der Waals surface area contributed by atoms with Gasteiger partial charge >= 0.3 is 5.97 Å². The maximum Gasteiger partial charge on any atom is 0.344 e. The third-order valence-corrected chi connectivity index (χ3v) is 5.17. The summed E-state index contributed by atoms with van der Waals surface area (Å²) in [5, 5.41) is 6.75. The highest BCUT2D eigenvalue weighted by molar-refractivity contribution is 14.1. The van der Waals surface area contributed by atoms with Crippen LogP contribution < -0.4 is 20.2 Å². The van der Waals surface area contributed by atoms with Gasteiger partial charge in [-0.2, -0.15) is 5.10 Å². The quantitative estimate of drug-likeness (QED) is 0.171. The van der Waals surface area contributed by atoms with E-state index in [0.29, 0.717) is 27.2 Å². The van der Waals surface area contributed by atoms with E-state index in [0.717, 1.165) is 11.3 Å². The van der Waals surface area contributed by atoms with Crippen molar-refractivity contribution in [2.24, 2.45) is 5.10 Å². The first-order valence-corrected chi connectivity index (χ1v) is 11.8. The van der Waals surface area contributed by atoms with E-state index >= 15 is 0 Å². The van der Waals surface area contributed by atoms with Gasteiger partial charge in [-0.25, -0.2) is 10.2 Å². The normalized spacial score (nSPS) is 10.6. The summed E-state index contributed by atoms with van der Waals surface area (Å²) >= 11 is 2.07. The van der Waals surface area contributed by atoms with Gasteiger partial charge in [0.1, 0.15) is 0 Å². The zero-order chi connectivity index (χ0) is 24.9. The Kier molecular flexibility index (Phi) is 11.3. The Balaban J connectivity index is 1.91. The highest BCUT2D eigenvalue weighted by Gasteiger charge is 2.14. The van der Waals surface area contributed by atoms with E-state index in [4.69, 9.17) is 14.2 Å². The summed E-state index contributed by atoms with van der Waals surface area (Å²) < 4.78 is 16.8. The second-order valence-corrected chi connectivity index (χ2v) is 8.18. The number of para-hydroxylation sites is 1. The number of aryl methyl sites for hydroxylation is 1. The molecule has 0 atom stereocenters. The lowest BCUT2D eigenvalue weighted by Crippen LogP contribution is -2.20. The van der Waals surface area contributed by atoms with Crippen LogP contribution in [0.15, 0.2) is 41.5 Å². The third-order valence-electron chi connectivity index (χ3n) is 4.37. The molecule has 9 nitrogen and oxygen atoms in total. The first kappa shape index (κ1) is 27.1. The molecule has 0 spiro atoms. The zero-order valence-electron chi connectivity index (χ0n) is 19.4. The van der Waals surface area contributed by atoms with E-state index in [-0.39, 0.29) is 37.9 Å². The van der Waals surface area contributed by atoms with Gasteiger partial charge in [0.15, 0.2) is 18.1 Å². The maximum absolute atomic E-state index is 12.1. The SMILES string of the molecule is CCOC(=O)COc1c(I)cc(C=NNC(=O)CCC(=O)Nc2ccccc2C)cc1OCC. The number of hydrogen-bond donors (Lipinski definition) is 2. The van der Waals surface area contributed by atoms with Gasteiger partial charge in [-0.05, 0) is 72.7 Å². The van der Waals surface area contributed by atoms with Crippen molar-refractivity contribution in [1.82, 2.24) is 5.43 Å². The second-order valence-electron chi connectivity index (χ2n) is 7.01. The fourth-order valence-electron chi connectivity index (χ4n) is 2.79. The summed E-state index contributed by atoms with van der Waals surface area (Å²) in [6.07, 6.45) is 1.50. The number of nitrogens with one attached hydrogen (secondary N) is 2. The van der Waals surface area contributed by atoms with Crippen LogP contribution in [0.2, 0.25) is 0 Å². The van der Waals surface area contributed by atoms with Gasteiger partial charge in [0.25, 0.3) is 0 Å². The van der Waals surface area contributed by atoms with Gasteiger partial charge in [0.2, 0.25) is 11.8 Å². The molecule has 0 aliphatic heterocycles. The number of esters is 1. The number of nitrogens with zero attached hydrogens (tertiary/aromatic N) is 1. The van der Waals surface area contributed by atoms with Gasteiger partial charge in [-0.3, -0.25) is 9.59 Å². The van der Waals surface area contributed by atoms with Crippen molar-refractivity contribution in [1.29, 1.82) is 0 Å². The molecule has 0 saturated heterocycles. The lowest BCUT2D eigenvalue weighted by atomic mass is 10.2. The van der Waals surface area contributed by atoms with Crippen molar-refractivity contribution in [2.45, 2.75) is 33.6 Å². The van der Waals surface area contributed by atoms with Crippen LogP contribution in [0.3, 0.4) is 0 Å². The van der Waals surface area contributed by atoms with Gasteiger partial charge < -0.3 is 19.5 Å². The number of rotatable bonds is 12. The molecule has 0 aromatic heterocycles. The van der Waals surface area contributed by atoms with Crippen LogP contribution in [0.5, 0.6) is 11.5 Å². The first-order chi connectivity index (χ1) is 16.3. The lowest BCUT2D eigenvalue weighted by Gasteiger charge is -2.14. The standard InChI is InChI=1S/C24H28IN3O6/c1-4-32-20-13-17(12-18(25)24(20)34-15-23(31)33-5-2)14-26-28-22(30)11-10-21(29)27-19-9-7-6-8-16(19)3/h6-9,12-14H,4-5,10-11,15H2,1-3H3,(H,27,29)(H,28,30). The smallest absolute Gasteiger partial charge is 0.344 e. The Morgan fingerprint density at radius 2 is 1.76 bits per heavy atom. The van der Waals surface area contributed by atoms with Crippen LogP contribution in [-0.2, 0) is 19.1 Å². The van der Waals surface area contributed by atoms with E-state index < -0.39 is 5.97 Å². The van der Waals surface area contributed by atoms with Crippen molar-refractivity contribution in [3.05, 3.63) is 51.1 Å². The van der Waals surface area contributed by atoms with Crippen LogP contribution in [0.4, 0.5) is 5.69 Å². The van der Waals surface area contributed by atoms with Crippen LogP contribution in [0.25, 0.3) is 0 Å². The van der Waals surface area contributed by atoms with Crippen molar-refractivity contribution < 1.29 is 28.6 Å². The summed E-state index contributed by atoms with van der Waals surface area (Å²) in [5.41, 5.74) is 4.75. The molecule has 0 aliphatic rings. The van der Waals surface area contributed by atoms with Gasteiger partial charge in [-0.15, -0.1) is 0 Å². The molecule has 2 rings (SSSR count). The van der Waals surface area contributed by atoms with Crippen LogP contribution >= 0.6 is 22.6 Å². The minimum absolute atomic E-state index is 0.00256. The summed E-state index contributed by atoms with van der Waals surface area (Å²) in [6, 6.07) is 10.9. The number of hydrogen-bond acceptors (Lipinski definition) is 7. The van der Waals surface area contributed by atoms with E-state index in [9.17, 15) is 14.4 Å². The summed E-state index contributed by atoms with van der Waals surface area (Å²) in [7, 11) is 0. The molecule has 2 N–H and O–H groups in total. The molecule has 10 heteroatoms. The number of ether oxygens (including phenoxy) is 3. The molecule has 2 aromatic carbocycles. The summed E-state index contributed by atoms with van der Waals surface area (Å²) in [4.78, 5) is 35.7. The number of benzene rings is 2. The van der Waals surface area contributed by atoms with E-state index in [1.54, 1.807) is 19.1 Å². The van der Waals surface area contributed by atoms with Crippen molar-refractivity contribution >= 4 is 52.3 Å². The minimum Gasteiger partial charge on any atom is -0.490 e.